The van der Waals surface area contributed by atoms with Crippen molar-refractivity contribution in [1.29, 1.82) is 0 Å². The number of hydrogen-bond donors (Lipinski definition) is 2. The van der Waals surface area contributed by atoms with E-state index in [-0.39, 0.29) is 0 Å². The summed E-state index contributed by atoms with van der Waals surface area (Å²) in [6, 6.07) is 1.55. The Kier molecular flexibility index (Phi) is 5.50. The summed E-state index contributed by atoms with van der Waals surface area (Å²) in [6.45, 7) is 4.53. The van der Waals surface area contributed by atoms with Crippen LogP contribution in [0.3, 0.4) is 0 Å². The van der Waals surface area contributed by atoms with Gasteiger partial charge in [-0.2, -0.15) is 5.10 Å². The quantitative estimate of drug-likeness (QED) is 0.720. The van der Waals surface area contributed by atoms with E-state index in [1.54, 1.807) is 11.8 Å². The molecule has 96 valence electrons. The van der Waals surface area contributed by atoms with Crippen LogP contribution in [0.5, 0.6) is 0 Å². The Labute approximate surface area is 106 Å². The third-order valence-corrected chi connectivity index (χ3v) is 3.48. The van der Waals surface area contributed by atoms with E-state index < -0.39 is 12.0 Å². The molecule has 0 radical (unpaired) electrons. The number of aliphatic carboxylic acids is 1. The SMILES string of the molecule is CCNC(CCSc1cc(C)nn1C)C(=O)O. The lowest BCUT2D eigenvalue weighted by Crippen LogP contribution is -2.36. The maximum atomic E-state index is 10.9. The van der Waals surface area contributed by atoms with Gasteiger partial charge in [-0.1, -0.05) is 6.92 Å². The summed E-state index contributed by atoms with van der Waals surface area (Å²) >= 11 is 1.64. The minimum Gasteiger partial charge on any atom is -0.480 e. The molecule has 0 aliphatic heterocycles. The minimum absolute atomic E-state index is 0.457. The van der Waals surface area contributed by atoms with Crippen molar-refractivity contribution in [3.05, 3.63) is 11.8 Å². The average Bonchev–Trinajstić information content (AvgIpc) is 2.56. The molecule has 1 unspecified atom stereocenters. The number of carboxylic acid groups (broad SMARTS) is 1. The largest absolute Gasteiger partial charge is 0.480 e. The zero-order chi connectivity index (χ0) is 12.8. The van der Waals surface area contributed by atoms with E-state index in [9.17, 15) is 4.79 Å². The molecule has 6 heteroatoms. The molecule has 1 aromatic heterocycles. The summed E-state index contributed by atoms with van der Waals surface area (Å²) in [5.74, 6) is -0.0169. The highest BCUT2D eigenvalue weighted by Gasteiger charge is 2.15. The minimum atomic E-state index is -0.784. The Morgan fingerprint density at radius 1 is 1.71 bits per heavy atom. The van der Waals surface area contributed by atoms with E-state index in [4.69, 9.17) is 5.11 Å². The number of carboxylic acids is 1. The van der Waals surface area contributed by atoms with E-state index in [2.05, 4.69) is 10.4 Å². The van der Waals surface area contributed by atoms with Crippen molar-refractivity contribution in [1.82, 2.24) is 15.1 Å². The highest BCUT2D eigenvalue weighted by atomic mass is 32.2. The number of aryl methyl sites for hydroxylation is 2. The Bertz CT molecular complexity index is 379. The smallest absolute Gasteiger partial charge is 0.320 e. The number of nitrogens with one attached hydrogen (secondary N) is 1. The van der Waals surface area contributed by atoms with Gasteiger partial charge in [0.25, 0.3) is 0 Å². The molecule has 5 nitrogen and oxygen atoms in total. The molecule has 1 atom stereocenters. The summed E-state index contributed by atoms with van der Waals surface area (Å²) in [7, 11) is 1.90. The molecule has 1 aromatic rings. The third kappa shape index (κ3) is 4.40. The van der Waals surface area contributed by atoms with Crippen molar-refractivity contribution in [2.45, 2.75) is 31.3 Å². The zero-order valence-electron chi connectivity index (χ0n) is 10.4. The summed E-state index contributed by atoms with van der Waals surface area (Å²) in [5, 5.41) is 17.2. The van der Waals surface area contributed by atoms with E-state index >= 15 is 0 Å². The van der Waals surface area contributed by atoms with Crippen molar-refractivity contribution in [2.75, 3.05) is 12.3 Å². The van der Waals surface area contributed by atoms with Crippen LogP contribution >= 0.6 is 11.8 Å². The lowest BCUT2D eigenvalue weighted by atomic mass is 10.2. The Morgan fingerprint density at radius 3 is 2.88 bits per heavy atom. The van der Waals surface area contributed by atoms with Crippen LogP contribution in [0.15, 0.2) is 11.1 Å². The van der Waals surface area contributed by atoms with E-state index in [0.717, 1.165) is 16.5 Å². The molecule has 0 fully saturated rings. The molecule has 0 saturated heterocycles. The van der Waals surface area contributed by atoms with Crippen molar-refractivity contribution in [2.24, 2.45) is 7.05 Å². The first-order valence-corrected chi connectivity index (χ1v) is 6.62. The number of nitrogens with zero attached hydrogens (tertiary/aromatic N) is 2. The van der Waals surface area contributed by atoms with Crippen molar-refractivity contribution < 1.29 is 9.90 Å². The highest BCUT2D eigenvalue weighted by Crippen LogP contribution is 2.19. The van der Waals surface area contributed by atoms with E-state index in [1.165, 1.54) is 0 Å². The zero-order valence-corrected chi connectivity index (χ0v) is 11.3. The molecule has 2 N–H and O–H groups in total. The maximum Gasteiger partial charge on any atom is 0.320 e. The van der Waals surface area contributed by atoms with Crippen LogP contribution in [0.25, 0.3) is 0 Å². The van der Waals surface area contributed by atoms with Gasteiger partial charge in [0.15, 0.2) is 0 Å². The molecule has 0 bridgehead atoms. The molecular weight excluding hydrogens is 238 g/mol. The van der Waals surface area contributed by atoms with Crippen molar-refractivity contribution >= 4 is 17.7 Å². The first-order valence-electron chi connectivity index (χ1n) is 5.64. The molecule has 1 rings (SSSR count). The monoisotopic (exact) mass is 257 g/mol. The van der Waals surface area contributed by atoms with Gasteiger partial charge in [-0.15, -0.1) is 11.8 Å². The lowest BCUT2D eigenvalue weighted by Gasteiger charge is -2.12. The van der Waals surface area contributed by atoms with Gasteiger partial charge >= 0.3 is 5.97 Å². The van der Waals surface area contributed by atoms with Crippen LogP contribution in [0.1, 0.15) is 19.0 Å². The number of thioether (sulfide) groups is 1. The van der Waals surface area contributed by atoms with Crippen LogP contribution in [-0.2, 0) is 11.8 Å². The van der Waals surface area contributed by atoms with Crippen LogP contribution < -0.4 is 5.32 Å². The molecule has 17 heavy (non-hydrogen) atoms. The van der Waals surface area contributed by atoms with Gasteiger partial charge in [0.1, 0.15) is 6.04 Å². The standard InChI is InChI=1S/C11H19N3O2S/c1-4-12-9(11(15)16)5-6-17-10-7-8(2)13-14(10)3/h7,9,12H,4-6H2,1-3H3,(H,15,16). The summed E-state index contributed by atoms with van der Waals surface area (Å²) in [5.41, 5.74) is 0.983. The Hall–Kier alpha value is -1.01. The Balaban J connectivity index is 2.40. The second-order valence-electron chi connectivity index (χ2n) is 3.83. The molecule has 0 spiro atoms. The Morgan fingerprint density at radius 2 is 2.41 bits per heavy atom. The van der Waals surface area contributed by atoms with Gasteiger partial charge in [-0.3, -0.25) is 9.48 Å². The molecule has 0 aromatic carbocycles. The average molecular weight is 257 g/mol. The molecule has 0 aliphatic carbocycles. The van der Waals surface area contributed by atoms with Crippen molar-refractivity contribution in [3.8, 4) is 0 Å². The molecule has 0 aliphatic rings. The number of carbonyl (C=O) groups is 1. The number of likely N-dealkylation sites (N-methyl/N-ethyl adjacent to an activating group) is 1. The predicted molar refractivity (Wildman–Crippen MR) is 68.4 cm³/mol. The fourth-order valence-corrected chi connectivity index (χ4v) is 2.61. The fraction of sp³-hybridized carbons (Fsp3) is 0.636. The third-order valence-electron chi connectivity index (χ3n) is 2.36. The summed E-state index contributed by atoms with van der Waals surface area (Å²) < 4.78 is 1.82. The van der Waals surface area contributed by atoms with E-state index in [0.29, 0.717) is 13.0 Å². The maximum absolute atomic E-state index is 10.9. The van der Waals surface area contributed by atoms with Gasteiger partial charge in [0.05, 0.1) is 10.7 Å². The van der Waals surface area contributed by atoms with Gasteiger partial charge in [-0.05, 0) is 26.0 Å². The molecule has 1 heterocycles. The predicted octanol–water partition coefficient (Wildman–Crippen LogP) is 1.27. The van der Waals surface area contributed by atoms with Gasteiger partial charge in [-0.25, -0.2) is 0 Å². The highest BCUT2D eigenvalue weighted by molar-refractivity contribution is 7.99. The lowest BCUT2D eigenvalue weighted by molar-refractivity contribution is -0.139. The van der Waals surface area contributed by atoms with Crippen LogP contribution in [0.2, 0.25) is 0 Å². The summed E-state index contributed by atoms with van der Waals surface area (Å²) in [4.78, 5) is 10.9. The van der Waals surface area contributed by atoms with E-state index in [1.807, 2.05) is 31.6 Å². The van der Waals surface area contributed by atoms with Crippen LogP contribution in [-0.4, -0.2) is 39.2 Å². The fourth-order valence-electron chi connectivity index (χ4n) is 1.56. The normalized spacial score (nSPS) is 12.6. The number of rotatable bonds is 7. The van der Waals surface area contributed by atoms with Gasteiger partial charge in [0.2, 0.25) is 0 Å². The summed E-state index contributed by atoms with van der Waals surface area (Å²) in [6.07, 6.45) is 0.609. The first kappa shape index (κ1) is 14.1. The molecular formula is C11H19N3O2S. The van der Waals surface area contributed by atoms with Gasteiger partial charge in [0, 0.05) is 12.8 Å². The van der Waals surface area contributed by atoms with Gasteiger partial charge < -0.3 is 10.4 Å². The molecule has 0 amide bonds. The number of hydrogen-bond acceptors (Lipinski definition) is 4. The topological polar surface area (TPSA) is 67.2 Å². The second-order valence-corrected chi connectivity index (χ2v) is 4.95. The second kappa shape index (κ2) is 6.66. The van der Waals surface area contributed by atoms with Crippen molar-refractivity contribution in [3.63, 3.8) is 0 Å². The first-order chi connectivity index (χ1) is 8.04. The van der Waals surface area contributed by atoms with Crippen LogP contribution in [0, 0.1) is 6.92 Å². The van der Waals surface area contributed by atoms with Crippen LogP contribution in [0.4, 0.5) is 0 Å². The molecule has 0 saturated carbocycles. The number of aromatic nitrogens is 2.